The number of carbonyl (C=O) groups is 1. The normalized spacial score (nSPS) is 23.9. The number of halogens is 1. The van der Waals surface area contributed by atoms with E-state index in [1.54, 1.807) is 0 Å². The molecule has 1 fully saturated rings. The Bertz CT molecular complexity index is 425. The van der Waals surface area contributed by atoms with Gasteiger partial charge in [-0.1, -0.05) is 0 Å². The van der Waals surface area contributed by atoms with Crippen molar-refractivity contribution < 1.29 is 4.79 Å². The lowest BCUT2D eigenvalue weighted by atomic mass is 9.89. The molecule has 3 nitrogen and oxygen atoms in total. The molecule has 1 aliphatic rings. The number of hydrogen-bond donors (Lipinski definition) is 1. The Morgan fingerprint density at radius 3 is 2.61 bits per heavy atom. The third-order valence-electron chi connectivity index (χ3n) is 3.44. The van der Waals surface area contributed by atoms with Crippen molar-refractivity contribution >= 4 is 28.8 Å². The standard InChI is InChI=1S/C13H19ClN2OS/c1-8-12(18-9(2)16-8)13(17)15-7-10-3-5-11(14)6-4-10/h10-11H,3-7H2,1-2H3,(H,15,17). The molecule has 18 heavy (non-hydrogen) atoms. The van der Waals surface area contributed by atoms with Crippen molar-refractivity contribution in [1.82, 2.24) is 10.3 Å². The van der Waals surface area contributed by atoms with Crippen LogP contribution in [-0.2, 0) is 0 Å². The minimum Gasteiger partial charge on any atom is -0.351 e. The number of carbonyl (C=O) groups excluding carboxylic acids is 1. The number of aryl methyl sites for hydroxylation is 2. The number of nitrogens with one attached hydrogen (secondary N) is 1. The van der Waals surface area contributed by atoms with Gasteiger partial charge in [-0.25, -0.2) is 4.98 Å². The van der Waals surface area contributed by atoms with Crippen LogP contribution in [0, 0.1) is 19.8 Å². The van der Waals surface area contributed by atoms with Crippen molar-refractivity contribution in [3.8, 4) is 0 Å². The summed E-state index contributed by atoms with van der Waals surface area (Å²) in [5, 5.41) is 4.31. The fourth-order valence-corrected chi connectivity index (χ4v) is 3.47. The highest BCUT2D eigenvalue weighted by molar-refractivity contribution is 7.13. The maximum Gasteiger partial charge on any atom is 0.263 e. The number of amides is 1. The summed E-state index contributed by atoms with van der Waals surface area (Å²) in [7, 11) is 0. The highest BCUT2D eigenvalue weighted by Crippen LogP contribution is 2.27. The maximum absolute atomic E-state index is 12.0. The van der Waals surface area contributed by atoms with Crippen molar-refractivity contribution in [3.63, 3.8) is 0 Å². The van der Waals surface area contributed by atoms with Gasteiger partial charge < -0.3 is 5.32 Å². The predicted octanol–water partition coefficient (Wildman–Crippen LogP) is 3.29. The van der Waals surface area contributed by atoms with Crippen LogP contribution in [0.4, 0.5) is 0 Å². The summed E-state index contributed by atoms with van der Waals surface area (Å²) in [5.41, 5.74) is 0.833. The van der Waals surface area contributed by atoms with E-state index in [1.165, 1.54) is 11.3 Å². The van der Waals surface area contributed by atoms with Crippen molar-refractivity contribution in [3.05, 3.63) is 15.6 Å². The van der Waals surface area contributed by atoms with E-state index in [0.717, 1.165) is 47.8 Å². The monoisotopic (exact) mass is 286 g/mol. The maximum atomic E-state index is 12.0. The molecule has 1 aliphatic carbocycles. The van der Waals surface area contributed by atoms with E-state index in [1.807, 2.05) is 13.8 Å². The Kier molecular flexibility index (Phi) is 4.62. The first kappa shape index (κ1) is 13.8. The van der Waals surface area contributed by atoms with Crippen LogP contribution in [0.1, 0.15) is 46.1 Å². The third kappa shape index (κ3) is 3.45. The number of nitrogens with zero attached hydrogens (tertiary/aromatic N) is 1. The van der Waals surface area contributed by atoms with E-state index in [2.05, 4.69) is 10.3 Å². The van der Waals surface area contributed by atoms with Crippen molar-refractivity contribution in [1.29, 1.82) is 0 Å². The number of thiazole rings is 1. The fourth-order valence-electron chi connectivity index (χ4n) is 2.39. The van der Waals surface area contributed by atoms with Gasteiger partial charge in [0.1, 0.15) is 4.88 Å². The molecule has 0 saturated heterocycles. The van der Waals surface area contributed by atoms with Gasteiger partial charge in [-0.15, -0.1) is 22.9 Å². The van der Waals surface area contributed by atoms with Gasteiger partial charge in [0, 0.05) is 11.9 Å². The van der Waals surface area contributed by atoms with Gasteiger partial charge in [0.25, 0.3) is 5.91 Å². The molecular formula is C13H19ClN2OS. The predicted molar refractivity (Wildman–Crippen MR) is 75.5 cm³/mol. The van der Waals surface area contributed by atoms with E-state index in [-0.39, 0.29) is 5.91 Å². The molecule has 1 aromatic rings. The molecule has 5 heteroatoms. The number of alkyl halides is 1. The lowest BCUT2D eigenvalue weighted by Crippen LogP contribution is -2.31. The van der Waals surface area contributed by atoms with Gasteiger partial charge in [0.05, 0.1) is 10.7 Å². The topological polar surface area (TPSA) is 42.0 Å². The SMILES string of the molecule is Cc1nc(C)c(C(=O)NCC2CCC(Cl)CC2)s1. The second-order valence-corrected chi connectivity index (χ2v) is 6.80. The van der Waals surface area contributed by atoms with Gasteiger partial charge >= 0.3 is 0 Å². The quantitative estimate of drug-likeness (QED) is 0.867. The van der Waals surface area contributed by atoms with E-state index in [4.69, 9.17) is 11.6 Å². The van der Waals surface area contributed by atoms with Gasteiger partial charge in [-0.05, 0) is 45.4 Å². The first-order chi connectivity index (χ1) is 8.56. The average Bonchev–Trinajstić information content (AvgIpc) is 2.67. The van der Waals surface area contributed by atoms with Crippen LogP contribution >= 0.6 is 22.9 Å². The Hall–Kier alpha value is -0.610. The zero-order valence-corrected chi connectivity index (χ0v) is 12.4. The van der Waals surface area contributed by atoms with Crippen molar-refractivity contribution in [2.24, 2.45) is 5.92 Å². The van der Waals surface area contributed by atoms with E-state index < -0.39 is 0 Å². The second kappa shape index (κ2) is 6.02. The Balaban J connectivity index is 1.83. The van der Waals surface area contributed by atoms with Crippen molar-refractivity contribution in [2.75, 3.05) is 6.54 Å². The average molecular weight is 287 g/mol. The number of aromatic nitrogens is 1. The molecule has 1 aromatic heterocycles. The van der Waals surface area contributed by atoms with Crippen LogP contribution in [0.25, 0.3) is 0 Å². The fraction of sp³-hybridized carbons (Fsp3) is 0.692. The molecule has 0 unspecified atom stereocenters. The lowest BCUT2D eigenvalue weighted by molar-refractivity contribution is 0.0947. The molecule has 2 rings (SSSR count). The molecular weight excluding hydrogens is 268 g/mol. The summed E-state index contributed by atoms with van der Waals surface area (Å²) < 4.78 is 0. The largest absolute Gasteiger partial charge is 0.351 e. The minimum atomic E-state index is 0.0195. The van der Waals surface area contributed by atoms with Crippen LogP contribution in [0.5, 0.6) is 0 Å². The van der Waals surface area contributed by atoms with Crippen LogP contribution in [0.2, 0.25) is 0 Å². The second-order valence-electron chi connectivity index (χ2n) is 4.98. The molecule has 1 N–H and O–H groups in total. The highest BCUT2D eigenvalue weighted by Gasteiger charge is 2.21. The highest BCUT2D eigenvalue weighted by atomic mass is 35.5. The molecule has 0 atom stereocenters. The summed E-state index contributed by atoms with van der Waals surface area (Å²) in [5.74, 6) is 0.601. The summed E-state index contributed by atoms with van der Waals surface area (Å²) in [6.45, 7) is 4.58. The molecule has 0 bridgehead atoms. The van der Waals surface area contributed by atoms with Crippen LogP contribution in [0.3, 0.4) is 0 Å². The molecule has 0 spiro atoms. The van der Waals surface area contributed by atoms with Crippen LogP contribution in [-0.4, -0.2) is 22.8 Å². The van der Waals surface area contributed by atoms with E-state index >= 15 is 0 Å². The van der Waals surface area contributed by atoms with Crippen LogP contribution in [0.15, 0.2) is 0 Å². The Labute approximate surface area is 117 Å². The van der Waals surface area contributed by atoms with Gasteiger partial charge in [0.15, 0.2) is 0 Å². The summed E-state index contributed by atoms with van der Waals surface area (Å²) in [6.07, 6.45) is 4.38. The molecule has 0 aromatic carbocycles. The Morgan fingerprint density at radius 1 is 1.39 bits per heavy atom. The lowest BCUT2D eigenvalue weighted by Gasteiger charge is -2.24. The number of rotatable bonds is 3. The molecule has 1 saturated carbocycles. The smallest absolute Gasteiger partial charge is 0.263 e. The van der Waals surface area contributed by atoms with Gasteiger partial charge in [-0.2, -0.15) is 0 Å². The van der Waals surface area contributed by atoms with Crippen molar-refractivity contribution in [2.45, 2.75) is 44.9 Å². The molecule has 1 amide bonds. The molecule has 1 heterocycles. The zero-order valence-electron chi connectivity index (χ0n) is 10.8. The first-order valence-electron chi connectivity index (χ1n) is 6.42. The van der Waals surface area contributed by atoms with Gasteiger partial charge in [0.2, 0.25) is 0 Å². The Morgan fingerprint density at radius 2 is 2.06 bits per heavy atom. The van der Waals surface area contributed by atoms with Gasteiger partial charge in [-0.3, -0.25) is 4.79 Å². The zero-order chi connectivity index (χ0) is 13.1. The minimum absolute atomic E-state index is 0.0195. The molecule has 0 aliphatic heterocycles. The van der Waals surface area contributed by atoms with Crippen LogP contribution < -0.4 is 5.32 Å². The summed E-state index contributed by atoms with van der Waals surface area (Å²) >= 11 is 7.54. The summed E-state index contributed by atoms with van der Waals surface area (Å²) in [4.78, 5) is 17.0. The summed E-state index contributed by atoms with van der Waals surface area (Å²) in [6, 6.07) is 0. The number of hydrogen-bond acceptors (Lipinski definition) is 3. The molecule has 100 valence electrons. The third-order valence-corrected chi connectivity index (χ3v) is 4.95. The first-order valence-corrected chi connectivity index (χ1v) is 7.68. The van der Waals surface area contributed by atoms with E-state index in [9.17, 15) is 4.79 Å². The molecule has 0 radical (unpaired) electrons. The van der Waals surface area contributed by atoms with E-state index in [0.29, 0.717) is 11.3 Å².